The van der Waals surface area contributed by atoms with Crippen LogP contribution in [0.3, 0.4) is 0 Å². The highest BCUT2D eigenvalue weighted by molar-refractivity contribution is 5.41. The lowest BCUT2D eigenvalue weighted by Gasteiger charge is -2.56. The van der Waals surface area contributed by atoms with E-state index in [9.17, 15) is 0 Å². The molecule has 1 nitrogen and oxygen atoms in total. The first-order valence-corrected chi connectivity index (χ1v) is 6.68. The fourth-order valence-electron chi connectivity index (χ4n) is 4.12. The molecule has 0 radical (unpaired) electrons. The van der Waals surface area contributed by atoms with Crippen molar-refractivity contribution in [3.63, 3.8) is 0 Å². The lowest BCUT2D eigenvalue weighted by Crippen LogP contribution is -2.48. The Bertz CT molecular complexity index is 473. The van der Waals surface area contributed by atoms with Gasteiger partial charge in [-0.3, -0.25) is 4.98 Å². The molecule has 1 aromatic heterocycles. The molecular formula is C15H19N. The highest BCUT2D eigenvalue weighted by Crippen LogP contribution is 2.62. The van der Waals surface area contributed by atoms with Gasteiger partial charge in [0, 0.05) is 11.4 Å². The summed E-state index contributed by atoms with van der Waals surface area (Å²) in [5.41, 5.74) is 6.56. The number of aryl methyl sites for hydroxylation is 2. The van der Waals surface area contributed by atoms with Gasteiger partial charge in [0.1, 0.15) is 0 Å². The van der Waals surface area contributed by atoms with E-state index in [1.165, 1.54) is 43.5 Å². The first-order chi connectivity index (χ1) is 7.66. The molecule has 1 fully saturated rings. The predicted molar refractivity (Wildman–Crippen MR) is 64.6 cm³/mol. The summed E-state index contributed by atoms with van der Waals surface area (Å²) in [6.07, 6.45) is 6.48. The smallest absolute Gasteiger partial charge is 0.0445 e. The van der Waals surface area contributed by atoms with Gasteiger partial charge in [0.05, 0.1) is 0 Å². The van der Waals surface area contributed by atoms with Crippen LogP contribution in [0, 0.1) is 11.3 Å². The van der Waals surface area contributed by atoms with E-state index in [-0.39, 0.29) is 0 Å². The minimum atomic E-state index is 0.543. The minimum absolute atomic E-state index is 0.543. The molecule has 0 aliphatic heterocycles. The van der Waals surface area contributed by atoms with Gasteiger partial charge in [-0.15, -0.1) is 0 Å². The standard InChI is InChI=1S/C15H19N/c1-15(2)10-7-12(15)11-6-9-4-3-5-13(9)16-14(11)8-10/h6,10,12H,3-5,7-8H2,1-2H3/t10-,12+/m0/s1. The second kappa shape index (κ2) is 2.69. The summed E-state index contributed by atoms with van der Waals surface area (Å²) in [4.78, 5) is 4.94. The van der Waals surface area contributed by atoms with Gasteiger partial charge in [-0.1, -0.05) is 19.9 Å². The Hall–Kier alpha value is -0.850. The van der Waals surface area contributed by atoms with Crippen molar-refractivity contribution in [2.24, 2.45) is 11.3 Å². The maximum Gasteiger partial charge on any atom is 0.0445 e. The summed E-state index contributed by atoms with van der Waals surface area (Å²) in [6, 6.07) is 2.51. The minimum Gasteiger partial charge on any atom is -0.257 e. The number of pyridine rings is 1. The van der Waals surface area contributed by atoms with Crippen molar-refractivity contribution in [2.75, 3.05) is 0 Å². The Kier molecular flexibility index (Phi) is 1.55. The predicted octanol–water partition coefficient (Wildman–Crippen LogP) is 3.26. The van der Waals surface area contributed by atoms with Crippen LogP contribution in [-0.4, -0.2) is 4.98 Å². The van der Waals surface area contributed by atoms with Crippen molar-refractivity contribution < 1.29 is 0 Å². The molecule has 1 saturated carbocycles. The summed E-state index contributed by atoms with van der Waals surface area (Å²) in [5.74, 6) is 1.71. The van der Waals surface area contributed by atoms with E-state index in [1.807, 2.05) is 0 Å². The highest BCUT2D eigenvalue weighted by atomic mass is 14.8. The molecule has 0 aromatic carbocycles. The van der Waals surface area contributed by atoms with Crippen LogP contribution in [0.1, 0.15) is 55.1 Å². The summed E-state index contributed by atoms with van der Waals surface area (Å²) in [7, 11) is 0. The largest absolute Gasteiger partial charge is 0.257 e. The number of nitrogens with zero attached hydrogens (tertiary/aromatic N) is 1. The average molecular weight is 213 g/mol. The van der Waals surface area contributed by atoms with Gasteiger partial charge >= 0.3 is 0 Å². The second-order valence-corrected chi connectivity index (χ2v) is 6.49. The van der Waals surface area contributed by atoms with E-state index in [2.05, 4.69) is 19.9 Å². The molecule has 5 rings (SSSR count). The van der Waals surface area contributed by atoms with Crippen LogP contribution in [0.15, 0.2) is 6.07 Å². The van der Waals surface area contributed by atoms with Crippen LogP contribution >= 0.6 is 0 Å². The molecule has 0 amide bonds. The maximum atomic E-state index is 4.94. The second-order valence-electron chi connectivity index (χ2n) is 6.49. The van der Waals surface area contributed by atoms with E-state index in [0.717, 1.165) is 11.8 Å². The van der Waals surface area contributed by atoms with E-state index < -0.39 is 0 Å². The first kappa shape index (κ1) is 9.21. The molecule has 16 heavy (non-hydrogen) atoms. The number of hydrogen-bond donors (Lipinski definition) is 0. The Labute approximate surface area is 97.3 Å². The van der Waals surface area contributed by atoms with Gasteiger partial charge < -0.3 is 0 Å². The molecule has 2 bridgehead atoms. The van der Waals surface area contributed by atoms with Crippen molar-refractivity contribution in [1.29, 1.82) is 0 Å². The van der Waals surface area contributed by atoms with E-state index >= 15 is 0 Å². The highest BCUT2D eigenvalue weighted by Gasteiger charge is 2.53. The third-order valence-corrected chi connectivity index (χ3v) is 5.45. The van der Waals surface area contributed by atoms with Crippen LogP contribution in [0.5, 0.6) is 0 Å². The lowest BCUT2D eigenvalue weighted by atomic mass is 9.48. The van der Waals surface area contributed by atoms with Crippen molar-refractivity contribution in [1.82, 2.24) is 4.98 Å². The Balaban J connectivity index is 1.88. The van der Waals surface area contributed by atoms with Crippen molar-refractivity contribution >= 4 is 0 Å². The van der Waals surface area contributed by atoms with Gasteiger partial charge in [0.2, 0.25) is 0 Å². The van der Waals surface area contributed by atoms with Crippen LogP contribution in [0.25, 0.3) is 0 Å². The number of hydrogen-bond acceptors (Lipinski definition) is 1. The van der Waals surface area contributed by atoms with Crippen LogP contribution in [0.4, 0.5) is 0 Å². The molecule has 4 aliphatic carbocycles. The molecule has 1 aromatic rings. The van der Waals surface area contributed by atoms with Gasteiger partial charge in [0.15, 0.2) is 0 Å². The zero-order chi connectivity index (χ0) is 10.9. The summed E-state index contributed by atoms with van der Waals surface area (Å²) in [6.45, 7) is 4.89. The molecule has 0 saturated heterocycles. The van der Waals surface area contributed by atoms with Crippen LogP contribution < -0.4 is 0 Å². The molecule has 1 heterocycles. The topological polar surface area (TPSA) is 12.9 Å². The van der Waals surface area contributed by atoms with E-state index in [0.29, 0.717) is 5.41 Å². The van der Waals surface area contributed by atoms with Crippen molar-refractivity contribution in [3.8, 4) is 0 Å². The van der Waals surface area contributed by atoms with Crippen molar-refractivity contribution in [3.05, 3.63) is 28.6 Å². The zero-order valence-electron chi connectivity index (χ0n) is 10.2. The van der Waals surface area contributed by atoms with Gasteiger partial charge in [-0.05, 0) is 60.5 Å². The monoisotopic (exact) mass is 213 g/mol. The molecular weight excluding hydrogens is 194 g/mol. The molecule has 0 spiro atoms. The average Bonchev–Trinajstić information content (AvgIpc) is 2.71. The summed E-state index contributed by atoms with van der Waals surface area (Å²) in [5, 5.41) is 0. The van der Waals surface area contributed by atoms with Gasteiger partial charge in [0.25, 0.3) is 0 Å². The van der Waals surface area contributed by atoms with E-state index in [4.69, 9.17) is 4.98 Å². The SMILES string of the molecule is CC1(C)[C@@H]2Cc3nc4c(cc3[C@H]1C2)CCC4. The zero-order valence-corrected chi connectivity index (χ0v) is 10.2. The molecule has 0 N–H and O–H groups in total. The Morgan fingerprint density at radius 1 is 1.25 bits per heavy atom. The quantitative estimate of drug-likeness (QED) is 0.644. The normalized spacial score (nSPS) is 32.9. The molecule has 1 heteroatoms. The number of rotatable bonds is 0. The fraction of sp³-hybridized carbons (Fsp3) is 0.667. The molecule has 2 atom stereocenters. The van der Waals surface area contributed by atoms with Gasteiger partial charge in [-0.2, -0.15) is 0 Å². The van der Waals surface area contributed by atoms with Crippen LogP contribution in [-0.2, 0) is 19.3 Å². The number of fused-ring (bicyclic) bond motifs is 1. The maximum absolute atomic E-state index is 4.94. The summed E-state index contributed by atoms with van der Waals surface area (Å²) < 4.78 is 0. The lowest BCUT2D eigenvalue weighted by molar-refractivity contribution is 0.0168. The fourth-order valence-corrected chi connectivity index (χ4v) is 4.12. The first-order valence-electron chi connectivity index (χ1n) is 6.68. The number of aromatic nitrogens is 1. The van der Waals surface area contributed by atoms with Crippen molar-refractivity contribution in [2.45, 2.75) is 51.9 Å². The molecule has 0 unspecified atom stereocenters. The third kappa shape index (κ3) is 0.952. The van der Waals surface area contributed by atoms with Crippen LogP contribution in [0.2, 0.25) is 0 Å². The third-order valence-electron chi connectivity index (χ3n) is 5.45. The Morgan fingerprint density at radius 3 is 2.94 bits per heavy atom. The Morgan fingerprint density at radius 2 is 2.12 bits per heavy atom. The summed E-state index contributed by atoms with van der Waals surface area (Å²) >= 11 is 0. The molecule has 4 aliphatic rings. The van der Waals surface area contributed by atoms with Gasteiger partial charge in [-0.25, -0.2) is 0 Å². The molecule has 84 valence electrons. The van der Waals surface area contributed by atoms with E-state index in [1.54, 1.807) is 11.1 Å².